The molecular weight excluding hydrogens is 196 g/mol. The van der Waals surface area contributed by atoms with Crippen LogP contribution in [0, 0.1) is 0 Å². The van der Waals surface area contributed by atoms with E-state index in [-0.39, 0.29) is 0 Å². The third kappa shape index (κ3) is 1.35. The van der Waals surface area contributed by atoms with Gasteiger partial charge in [-0.25, -0.2) is 4.98 Å². The molecule has 0 atom stereocenters. The lowest BCUT2D eigenvalue weighted by molar-refractivity contribution is 0.574. The van der Waals surface area contributed by atoms with Gasteiger partial charge < -0.3 is 4.42 Å². The third-order valence-corrected chi connectivity index (χ3v) is 2.37. The summed E-state index contributed by atoms with van der Waals surface area (Å²) in [5.41, 5.74) is 2.49. The van der Waals surface area contributed by atoms with Crippen molar-refractivity contribution in [1.29, 1.82) is 0 Å². The summed E-state index contributed by atoms with van der Waals surface area (Å²) in [5, 5.41) is 0. The molecule has 5 heteroatoms. The molecule has 0 N–H and O–H groups in total. The van der Waals surface area contributed by atoms with Crippen molar-refractivity contribution in [3.63, 3.8) is 0 Å². The van der Waals surface area contributed by atoms with Crippen LogP contribution in [0.2, 0.25) is 0 Å². The summed E-state index contributed by atoms with van der Waals surface area (Å²) >= 11 is 7.06. The van der Waals surface area contributed by atoms with E-state index in [9.17, 15) is 0 Å². The fraction of sp³-hybridized carbons (Fsp3) is 0.143. The standard InChI is InChI=1S/C7H5ClN2OS/c8-1-5-3-11-7(10-5)6-2-9-4-12-6/h2-4H,1H2. The lowest BCUT2D eigenvalue weighted by atomic mass is 10.5. The predicted octanol–water partition coefficient (Wildman–Crippen LogP) is 2.54. The molecule has 0 bridgehead atoms. The molecule has 0 aliphatic heterocycles. The van der Waals surface area contributed by atoms with Gasteiger partial charge in [-0.15, -0.1) is 22.9 Å². The number of aromatic nitrogens is 2. The van der Waals surface area contributed by atoms with Crippen molar-refractivity contribution < 1.29 is 4.42 Å². The first-order chi connectivity index (χ1) is 5.90. The molecule has 0 aromatic carbocycles. The molecule has 62 valence electrons. The quantitative estimate of drug-likeness (QED) is 0.700. The number of hydrogen-bond acceptors (Lipinski definition) is 4. The summed E-state index contributed by atoms with van der Waals surface area (Å²) in [5.74, 6) is 0.968. The number of alkyl halides is 1. The van der Waals surface area contributed by atoms with Crippen LogP contribution in [0.15, 0.2) is 22.4 Å². The first-order valence-corrected chi connectivity index (χ1v) is 4.71. The van der Waals surface area contributed by atoms with Gasteiger partial charge in [0.2, 0.25) is 5.89 Å². The second-order valence-corrected chi connectivity index (χ2v) is 3.30. The van der Waals surface area contributed by atoms with Crippen LogP contribution in [0.1, 0.15) is 5.69 Å². The molecule has 0 aliphatic rings. The average Bonchev–Trinajstić information content (AvgIpc) is 2.75. The number of hydrogen-bond donors (Lipinski definition) is 0. The average molecular weight is 201 g/mol. The molecule has 0 unspecified atom stereocenters. The van der Waals surface area contributed by atoms with Gasteiger partial charge in [0.05, 0.1) is 23.3 Å². The predicted molar refractivity (Wildman–Crippen MR) is 47.2 cm³/mol. The smallest absolute Gasteiger partial charge is 0.238 e. The van der Waals surface area contributed by atoms with Gasteiger partial charge in [0.25, 0.3) is 0 Å². The van der Waals surface area contributed by atoms with E-state index in [0.29, 0.717) is 11.8 Å². The minimum absolute atomic E-state index is 0.377. The Kier molecular flexibility index (Phi) is 2.10. The first kappa shape index (κ1) is 7.76. The number of thiazole rings is 1. The van der Waals surface area contributed by atoms with Gasteiger partial charge in [-0.1, -0.05) is 0 Å². The van der Waals surface area contributed by atoms with E-state index in [1.807, 2.05) is 0 Å². The Morgan fingerprint density at radius 1 is 1.58 bits per heavy atom. The number of halogens is 1. The Balaban J connectivity index is 2.35. The molecule has 0 spiro atoms. The van der Waals surface area contributed by atoms with E-state index in [0.717, 1.165) is 10.6 Å². The second-order valence-electron chi connectivity index (χ2n) is 2.14. The van der Waals surface area contributed by atoms with Crippen molar-refractivity contribution >= 4 is 22.9 Å². The molecule has 2 heterocycles. The Morgan fingerprint density at radius 2 is 2.50 bits per heavy atom. The van der Waals surface area contributed by atoms with Crippen molar-refractivity contribution in [2.75, 3.05) is 0 Å². The summed E-state index contributed by atoms with van der Waals surface area (Å²) in [6.45, 7) is 0. The van der Waals surface area contributed by atoms with Crippen LogP contribution in [0.5, 0.6) is 0 Å². The highest BCUT2D eigenvalue weighted by atomic mass is 35.5. The fourth-order valence-corrected chi connectivity index (χ4v) is 1.48. The Labute approximate surface area is 78.0 Å². The molecule has 0 aliphatic carbocycles. The summed E-state index contributed by atoms with van der Waals surface area (Å²) in [4.78, 5) is 8.98. The zero-order valence-electron chi connectivity index (χ0n) is 6.03. The van der Waals surface area contributed by atoms with E-state index in [2.05, 4.69) is 9.97 Å². The van der Waals surface area contributed by atoms with Gasteiger partial charge in [0.15, 0.2) is 0 Å². The molecule has 2 rings (SSSR count). The summed E-state index contributed by atoms with van der Waals surface area (Å²) in [7, 11) is 0. The van der Waals surface area contributed by atoms with Crippen LogP contribution >= 0.6 is 22.9 Å². The molecule has 0 amide bonds. The minimum Gasteiger partial charge on any atom is -0.443 e. The maximum Gasteiger partial charge on any atom is 0.238 e. The Hall–Kier alpha value is -0.870. The third-order valence-electron chi connectivity index (χ3n) is 1.33. The molecule has 12 heavy (non-hydrogen) atoms. The lowest BCUT2D eigenvalue weighted by Crippen LogP contribution is -1.75. The number of rotatable bonds is 2. The first-order valence-electron chi connectivity index (χ1n) is 3.29. The minimum atomic E-state index is 0.377. The van der Waals surface area contributed by atoms with Crippen LogP contribution in [-0.4, -0.2) is 9.97 Å². The van der Waals surface area contributed by atoms with E-state index >= 15 is 0 Å². The van der Waals surface area contributed by atoms with Gasteiger partial charge in [0, 0.05) is 0 Å². The van der Waals surface area contributed by atoms with Crippen LogP contribution < -0.4 is 0 Å². The van der Waals surface area contributed by atoms with Crippen LogP contribution in [0.3, 0.4) is 0 Å². The van der Waals surface area contributed by atoms with Crippen LogP contribution in [-0.2, 0) is 5.88 Å². The Bertz CT molecular complexity index is 357. The van der Waals surface area contributed by atoms with Gasteiger partial charge in [-0.05, 0) is 0 Å². The van der Waals surface area contributed by atoms with Crippen LogP contribution in [0.4, 0.5) is 0 Å². The number of nitrogens with zero attached hydrogens (tertiary/aromatic N) is 2. The van der Waals surface area contributed by atoms with Crippen molar-refractivity contribution in [3.05, 3.63) is 23.7 Å². The molecule has 0 saturated heterocycles. The van der Waals surface area contributed by atoms with Crippen molar-refractivity contribution in [3.8, 4) is 10.8 Å². The topological polar surface area (TPSA) is 38.9 Å². The van der Waals surface area contributed by atoms with Gasteiger partial charge in [0.1, 0.15) is 11.1 Å². The Morgan fingerprint density at radius 3 is 3.08 bits per heavy atom. The summed E-state index contributed by atoms with van der Waals surface area (Å²) in [6.07, 6.45) is 3.27. The van der Waals surface area contributed by atoms with E-state index in [1.54, 1.807) is 18.0 Å². The van der Waals surface area contributed by atoms with Gasteiger partial charge in [-0.2, -0.15) is 0 Å². The van der Waals surface area contributed by atoms with Gasteiger partial charge in [-0.3, -0.25) is 4.98 Å². The molecule has 2 aromatic rings. The zero-order valence-corrected chi connectivity index (χ0v) is 7.60. The molecule has 3 nitrogen and oxygen atoms in total. The van der Waals surface area contributed by atoms with Crippen molar-refractivity contribution in [1.82, 2.24) is 9.97 Å². The summed E-state index contributed by atoms with van der Waals surface area (Å²) in [6, 6.07) is 0. The van der Waals surface area contributed by atoms with E-state index < -0.39 is 0 Å². The molecular formula is C7H5ClN2OS. The molecule has 0 fully saturated rings. The lowest BCUT2D eigenvalue weighted by Gasteiger charge is -1.83. The second kappa shape index (κ2) is 3.25. The fourth-order valence-electron chi connectivity index (χ4n) is 0.803. The highest BCUT2D eigenvalue weighted by molar-refractivity contribution is 7.13. The molecule has 2 aromatic heterocycles. The highest BCUT2D eigenvalue weighted by Gasteiger charge is 2.06. The number of oxazole rings is 1. The molecule has 0 saturated carbocycles. The monoisotopic (exact) mass is 200 g/mol. The largest absolute Gasteiger partial charge is 0.443 e. The van der Waals surface area contributed by atoms with Gasteiger partial charge >= 0.3 is 0 Å². The van der Waals surface area contributed by atoms with Crippen molar-refractivity contribution in [2.24, 2.45) is 0 Å². The highest BCUT2D eigenvalue weighted by Crippen LogP contribution is 2.22. The SMILES string of the molecule is ClCc1coc(-c2cncs2)n1. The summed E-state index contributed by atoms with van der Waals surface area (Å²) < 4.78 is 5.17. The van der Waals surface area contributed by atoms with Crippen LogP contribution in [0.25, 0.3) is 10.8 Å². The molecule has 0 radical (unpaired) electrons. The maximum absolute atomic E-state index is 5.57. The normalized spacial score (nSPS) is 10.4. The maximum atomic E-state index is 5.57. The van der Waals surface area contributed by atoms with E-state index in [1.165, 1.54) is 11.3 Å². The zero-order chi connectivity index (χ0) is 8.39. The van der Waals surface area contributed by atoms with E-state index in [4.69, 9.17) is 16.0 Å². The van der Waals surface area contributed by atoms with Crippen molar-refractivity contribution in [2.45, 2.75) is 5.88 Å².